The molecule has 1 aliphatic heterocycles. The Morgan fingerprint density at radius 1 is 1.23 bits per heavy atom. The number of piperidine rings is 1. The van der Waals surface area contributed by atoms with Gasteiger partial charge in [-0.05, 0) is 25.3 Å². The van der Waals surface area contributed by atoms with Crippen molar-refractivity contribution in [3.63, 3.8) is 0 Å². The molecule has 0 bridgehead atoms. The molecule has 0 radical (unpaired) electrons. The Labute approximate surface area is 196 Å². The number of aromatic nitrogens is 2. The molecule has 2 aromatic rings. The lowest BCUT2D eigenvalue weighted by Gasteiger charge is -2.32. The minimum atomic E-state index is -3.10. The van der Waals surface area contributed by atoms with E-state index in [-0.39, 0.29) is 35.8 Å². The molecule has 1 fully saturated rings. The van der Waals surface area contributed by atoms with Crippen molar-refractivity contribution < 1.29 is 8.42 Å². The smallest absolute Gasteiger partial charge is 0.213 e. The fourth-order valence-corrected chi connectivity index (χ4v) is 4.58. The summed E-state index contributed by atoms with van der Waals surface area (Å²) < 4.78 is 27.7. The van der Waals surface area contributed by atoms with E-state index in [0.717, 1.165) is 25.2 Å². The maximum atomic E-state index is 12.0. The Kier molecular flexibility index (Phi) is 9.56. The number of nitrogens with zero attached hydrogens (tertiary/aromatic N) is 4. The fourth-order valence-electron chi connectivity index (χ4n) is 3.44. The van der Waals surface area contributed by atoms with Crippen molar-refractivity contribution in [1.82, 2.24) is 24.5 Å². The minimum Gasteiger partial charge on any atom is -0.354 e. The van der Waals surface area contributed by atoms with Crippen LogP contribution in [0.4, 0.5) is 0 Å². The first-order chi connectivity index (χ1) is 14.0. The first kappa shape index (κ1) is 24.6. The predicted molar refractivity (Wildman–Crippen MR) is 131 cm³/mol. The van der Waals surface area contributed by atoms with Crippen LogP contribution in [0, 0.1) is 0 Å². The molecule has 0 aliphatic carbocycles. The van der Waals surface area contributed by atoms with Crippen LogP contribution < -0.4 is 10.6 Å². The van der Waals surface area contributed by atoms with E-state index in [9.17, 15) is 8.42 Å². The molecule has 1 aromatic heterocycles. The molecule has 166 valence electrons. The SMILES string of the molecule is CCS(=O)(=O)N1CCC(NC(=NC)NCc2nccn2Cc2ccccc2)CC1.I. The molecular formula is C20H31IN6O2S. The van der Waals surface area contributed by atoms with Gasteiger partial charge in [0.15, 0.2) is 5.96 Å². The number of guanidine groups is 1. The number of hydrogen-bond donors (Lipinski definition) is 2. The van der Waals surface area contributed by atoms with E-state index >= 15 is 0 Å². The van der Waals surface area contributed by atoms with Gasteiger partial charge in [0.2, 0.25) is 10.0 Å². The van der Waals surface area contributed by atoms with E-state index in [1.807, 2.05) is 24.4 Å². The van der Waals surface area contributed by atoms with Crippen molar-refractivity contribution in [1.29, 1.82) is 0 Å². The second-order valence-corrected chi connectivity index (χ2v) is 9.36. The van der Waals surface area contributed by atoms with Crippen LogP contribution in [-0.4, -0.2) is 60.2 Å². The van der Waals surface area contributed by atoms with Gasteiger partial charge in [-0.1, -0.05) is 30.3 Å². The number of halogens is 1. The van der Waals surface area contributed by atoms with Gasteiger partial charge in [0, 0.05) is 45.1 Å². The molecular weight excluding hydrogens is 515 g/mol. The number of aliphatic imine (C=N–C) groups is 1. The predicted octanol–water partition coefficient (Wildman–Crippen LogP) is 2.03. The van der Waals surface area contributed by atoms with E-state index in [1.165, 1.54) is 5.56 Å². The summed E-state index contributed by atoms with van der Waals surface area (Å²) in [5.74, 6) is 1.79. The topological polar surface area (TPSA) is 91.6 Å². The van der Waals surface area contributed by atoms with Crippen LogP contribution >= 0.6 is 24.0 Å². The highest BCUT2D eigenvalue weighted by Gasteiger charge is 2.27. The van der Waals surface area contributed by atoms with Gasteiger partial charge in [0.1, 0.15) is 5.82 Å². The summed E-state index contributed by atoms with van der Waals surface area (Å²) in [5, 5.41) is 6.73. The second kappa shape index (κ2) is 11.7. The average molecular weight is 546 g/mol. The number of imidazole rings is 1. The lowest BCUT2D eigenvalue weighted by molar-refractivity contribution is 0.306. The van der Waals surface area contributed by atoms with E-state index in [1.54, 1.807) is 24.5 Å². The van der Waals surface area contributed by atoms with Crippen molar-refractivity contribution in [3.05, 3.63) is 54.1 Å². The van der Waals surface area contributed by atoms with Crippen molar-refractivity contribution in [2.45, 2.75) is 38.9 Å². The quantitative estimate of drug-likeness (QED) is 0.315. The fraction of sp³-hybridized carbons (Fsp3) is 0.500. The van der Waals surface area contributed by atoms with E-state index < -0.39 is 10.0 Å². The van der Waals surface area contributed by atoms with Crippen molar-refractivity contribution >= 4 is 40.0 Å². The minimum absolute atomic E-state index is 0. The standard InChI is InChI=1S/C20H30N6O2S.HI/c1-3-29(27,28)26-12-9-18(10-13-26)24-20(21-2)23-15-19-22-11-14-25(19)16-17-7-5-4-6-8-17;/h4-8,11,14,18H,3,9-10,12-13,15-16H2,1-2H3,(H2,21,23,24);1H. The van der Waals surface area contributed by atoms with Crippen LogP contribution in [0.1, 0.15) is 31.2 Å². The summed E-state index contributed by atoms with van der Waals surface area (Å²) >= 11 is 0. The number of nitrogens with one attached hydrogen (secondary N) is 2. The van der Waals surface area contributed by atoms with Gasteiger partial charge in [-0.3, -0.25) is 4.99 Å². The van der Waals surface area contributed by atoms with Gasteiger partial charge in [0.25, 0.3) is 0 Å². The number of sulfonamides is 1. The largest absolute Gasteiger partial charge is 0.354 e. The van der Waals surface area contributed by atoms with Gasteiger partial charge < -0.3 is 15.2 Å². The van der Waals surface area contributed by atoms with Crippen LogP contribution in [0.3, 0.4) is 0 Å². The third kappa shape index (κ3) is 6.67. The Bertz CT molecular complexity index is 908. The molecule has 1 saturated heterocycles. The zero-order valence-corrected chi connectivity index (χ0v) is 20.6. The molecule has 8 nitrogen and oxygen atoms in total. The van der Waals surface area contributed by atoms with E-state index in [4.69, 9.17) is 0 Å². The summed E-state index contributed by atoms with van der Waals surface area (Å²) in [6, 6.07) is 10.5. The molecule has 0 saturated carbocycles. The molecule has 0 unspecified atom stereocenters. The van der Waals surface area contributed by atoms with Crippen LogP contribution in [-0.2, 0) is 23.1 Å². The molecule has 3 rings (SSSR count). The summed E-state index contributed by atoms with van der Waals surface area (Å²) in [6.07, 6.45) is 5.31. The molecule has 0 atom stereocenters. The van der Waals surface area contributed by atoms with E-state index in [2.05, 4.69) is 37.3 Å². The van der Waals surface area contributed by atoms with Gasteiger partial charge in [0.05, 0.1) is 12.3 Å². The maximum Gasteiger partial charge on any atom is 0.213 e. The summed E-state index contributed by atoms with van der Waals surface area (Å²) in [5.41, 5.74) is 1.23. The van der Waals surface area contributed by atoms with Crippen LogP contribution in [0.5, 0.6) is 0 Å². The first-order valence-corrected chi connectivity index (χ1v) is 11.6. The van der Waals surface area contributed by atoms with Gasteiger partial charge in [-0.2, -0.15) is 0 Å². The van der Waals surface area contributed by atoms with Crippen LogP contribution in [0.15, 0.2) is 47.7 Å². The van der Waals surface area contributed by atoms with Gasteiger partial charge >= 0.3 is 0 Å². The van der Waals surface area contributed by atoms with Crippen molar-refractivity contribution in [2.24, 2.45) is 4.99 Å². The Morgan fingerprint density at radius 2 is 1.93 bits per heavy atom. The Balaban J connectivity index is 0.00000320. The molecule has 1 aliphatic rings. The molecule has 0 amide bonds. The Hall–Kier alpha value is -1.66. The summed E-state index contributed by atoms with van der Waals surface area (Å²) in [6.45, 7) is 4.11. The number of benzene rings is 1. The lowest BCUT2D eigenvalue weighted by Crippen LogP contribution is -2.49. The average Bonchev–Trinajstić information content (AvgIpc) is 3.19. The summed E-state index contributed by atoms with van der Waals surface area (Å²) in [4.78, 5) is 8.76. The van der Waals surface area contributed by atoms with Crippen molar-refractivity contribution in [2.75, 3.05) is 25.9 Å². The molecule has 2 heterocycles. The highest BCUT2D eigenvalue weighted by molar-refractivity contribution is 14.0. The highest BCUT2D eigenvalue weighted by atomic mass is 127. The van der Waals surface area contributed by atoms with Gasteiger partial charge in [-0.25, -0.2) is 17.7 Å². The molecule has 0 spiro atoms. The second-order valence-electron chi connectivity index (χ2n) is 7.10. The van der Waals surface area contributed by atoms with Gasteiger partial charge in [-0.15, -0.1) is 24.0 Å². The van der Waals surface area contributed by atoms with Crippen LogP contribution in [0.25, 0.3) is 0 Å². The van der Waals surface area contributed by atoms with E-state index in [0.29, 0.717) is 25.6 Å². The normalized spacial score (nSPS) is 16.1. The number of rotatable bonds is 7. The molecule has 10 heteroatoms. The third-order valence-electron chi connectivity index (χ3n) is 5.19. The zero-order valence-electron chi connectivity index (χ0n) is 17.5. The monoisotopic (exact) mass is 546 g/mol. The Morgan fingerprint density at radius 3 is 2.57 bits per heavy atom. The maximum absolute atomic E-state index is 12.0. The molecule has 1 aromatic carbocycles. The third-order valence-corrected chi connectivity index (χ3v) is 7.07. The van der Waals surface area contributed by atoms with Crippen molar-refractivity contribution in [3.8, 4) is 0 Å². The lowest BCUT2D eigenvalue weighted by atomic mass is 10.1. The first-order valence-electron chi connectivity index (χ1n) is 10.0. The highest BCUT2D eigenvalue weighted by Crippen LogP contribution is 2.14. The molecule has 30 heavy (non-hydrogen) atoms. The summed E-state index contributed by atoms with van der Waals surface area (Å²) in [7, 11) is -1.36. The zero-order chi connectivity index (χ0) is 20.7. The molecule has 2 N–H and O–H groups in total. The number of hydrogen-bond acceptors (Lipinski definition) is 4. The van der Waals surface area contributed by atoms with Crippen LogP contribution in [0.2, 0.25) is 0 Å².